The van der Waals surface area contributed by atoms with Crippen molar-refractivity contribution in [1.82, 2.24) is 24.8 Å². The van der Waals surface area contributed by atoms with Crippen molar-refractivity contribution in [2.75, 3.05) is 31.1 Å². The summed E-state index contributed by atoms with van der Waals surface area (Å²) in [5, 5.41) is 3.42. The van der Waals surface area contributed by atoms with Gasteiger partial charge in [-0.3, -0.25) is 4.98 Å². The van der Waals surface area contributed by atoms with E-state index in [4.69, 9.17) is 4.98 Å². The van der Waals surface area contributed by atoms with Gasteiger partial charge in [0.15, 0.2) is 0 Å². The van der Waals surface area contributed by atoms with Crippen LogP contribution in [0.4, 0.5) is 5.82 Å². The maximum absolute atomic E-state index is 4.82. The number of rotatable bonds is 2. The number of nitrogens with zero attached hydrogens (tertiary/aromatic N) is 5. The highest BCUT2D eigenvalue weighted by Crippen LogP contribution is 2.23. The van der Waals surface area contributed by atoms with Crippen LogP contribution < -0.4 is 10.2 Å². The summed E-state index contributed by atoms with van der Waals surface area (Å²) in [6.07, 6.45) is 6.64. The van der Waals surface area contributed by atoms with Crippen LogP contribution in [0.15, 0.2) is 36.9 Å². The maximum Gasteiger partial charge on any atom is 0.147 e. The minimum Gasteiger partial charge on any atom is -0.354 e. The molecular formula is C17H20N6. The second kappa shape index (κ2) is 5.96. The van der Waals surface area contributed by atoms with E-state index in [1.807, 2.05) is 30.3 Å². The van der Waals surface area contributed by atoms with Gasteiger partial charge in [0.05, 0.1) is 35.4 Å². The average Bonchev–Trinajstić information content (AvgIpc) is 2.79. The SMILES string of the molecule is Cn1cnc2cc(-c3cncc(N4CCCNCC4)n3)ccc21. The molecule has 3 aromatic rings. The Bertz CT molecular complexity index is 817. The van der Waals surface area contributed by atoms with Gasteiger partial charge in [-0.2, -0.15) is 0 Å². The third-order valence-corrected chi connectivity index (χ3v) is 4.31. The van der Waals surface area contributed by atoms with E-state index in [9.17, 15) is 0 Å². The molecule has 1 fully saturated rings. The number of anilines is 1. The van der Waals surface area contributed by atoms with Crippen molar-refractivity contribution in [3.63, 3.8) is 0 Å². The van der Waals surface area contributed by atoms with Gasteiger partial charge in [0, 0.05) is 32.2 Å². The largest absolute Gasteiger partial charge is 0.354 e. The van der Waals surface area contributed by atoms with Gasteiger partial charge in [-0.15, -0.1) is 0 Å². The number of aromatic nitrogens is 4. The Balaban J connectivity index is 1.68. The van der Waals surface area contributed by atoms with Gasteiger partial charge in [0.25, 0.3) is 0 Å². The molecule has 1 saturated heterocycles. The molecule has 1 N–H and O–H groups in total. The van der Waals surface area contributed by atoms with Crippen LogP contribution >= 0.6 is 0 Å². The molecule has 6 nitrogen and oxygen atoms in total. The lowest BCUT2D eigenvalue weighted by atomic mass is 10.1. The van der Waals surface area contributed by atoms with Gasteiger partial charge in [-0.1, -0.05) is 6.07 Å². The van der Waals surface area contributed by atoms with Gasteiger partial charge >= 0.3 is 0 Å². The summed E-state index contributed by atoms with van der Waals surface area (Å²) in [6, 6.07) is 6.25. The fourth-order valence-electron chi connectivity index (χ4n) is 3.02. The van der Waals surface area contributed by atoms with Crippen LogP contribution in [-0.4, -0.2) is 45.7 Å². The van der Waals surface area contributed by atoms with Crippen LogP contribution in [0.3, 0.4) is 0 Å². The molecule has 118 valence electrons. The fraction of sp³-hybridized carbons (Fsp3) is 0.353. The van der Waals surface area contributed by atoms with E-state index in [2.05, 4.69) is 38.4 Å². The zero-order chi connectivity index (χ0) is 15.6. The first-order valence-electron chi connectivity index (χ1n) is 8.00. The van der Waals surface area contributed by atoms with E-state index in [0.29, 0.717) is 0 Å². The van der Waals surface area contributed by atoms with Crippen molar-refractivity contribution in [2.45, 2.75) is 6.42 Å². The van der Waals surface area contributed by atoms with E-state index >= 15 is 0 Å². The molecule has 0 radical (unpaired) electrons. The molecule has 0 bridgehead atoms. The van der Waals surface area contributed by atoms with Crippen molar-refractivity contribution < 1.29 is 0 Å². The second-order valence-electron chi connectivity index (χ2n) is 5.91. The summed E-state index contributed by atoms with van der Waals surface area (Å²) in [5.41, 5.74) is 4.05. The number of aryl methyl sites for hydroxylation is 1. The summed E-state index contributed by atoms with van der Waals surface area (Å²) in [6.45, 7) is 4.05. The molecule has 0 aliphatic carbocycles. The van der Waals surface area contributed by atoms with Crippen molar-refractivity contribution in [2.24, 2.45) is 7.05 Å². The Morgan fingerprint density at radius 2 is 2.09 bits per heavy atom. The average molecular weight is 308 g/mol. The second-order valence-corrected chi connectivity index (χ2v) is 5.91. The van der Waals surface area contributed by atoms with Crippen molar-refractivity contribution in [3.8, 4) is 11.3 Å². The maximum atomic E-state index is 4.82. The first kappa shape index (κ1) is 14.1. The third-order valence-electron chi connectivity index (χ3n) is 4.31. The highest BCUT2D eigenvalue weighted by Gasteiger charge is 2.12. The number of imidazole rings is 1. The summed E-state index contributed by atoms with van der Waals surface area (Å²) in [7, 11) is 2.00. The van der Waals surface area contributed by atoms with Gasteiger partial charge in [0.2, 0.25) is 0 Å². The predicted molar refractivity (Wildman–Crippen MR) is 91.4 cm³/mol. The number of hydrogen-bond donors (Lipinski definition) is 1. The highest BCUT2D eigenvalue weighted by molar-refractivity contribution is 5.81. The molecule has 1 aliphatic rings. The molecule has 23 heavy (non-hydrogen) atoms. The Morgan fingerprint density at radius 1 is 1.13 bits per heavy atom. The van der Waals surface area contributed by atoms with E-state index in [0.717, 1.165) is 60.7 Å². The molecule has 0 atom stereocenters. The molecule has 0 saturated carbocycles. The van der Waals surface area contributed by atoms with Crippen LogP contribution in [0.25, 0.3) is 22.3 Å². The fourth-order valence-corrected chi connectivity index (χ4v) is 3.02. The summed E-state index contributed by atoms with van der Waals surface area (Å²) in [5.74, 6) is 0.951. The Morgan fingerprint density at radius 3 is 3.04 bits per heavy atom. The highest BCUT2D eigenvalue weighted by atomic mass is 15.2. The monoisotopic (exact) mass is 308 g/mol. The van der Waals surface area contributed by atoms with Crippen molar-refractivity contribution >= 4 is 16.9 Å². The summed E-state index contributed by atoms with van der Waals surface area (Å²) >= 11 is 0. The first-order valence-corrected chi connectivity index (χ1v) is 8.00. The molecular weight excluding hydrogens is 288 g/mol. The molecule has 0 spiro atoms. The Hall–Kier alpha value is -2.47. The van der Waals surface area contributed by atoms with Gasteiger partial charge in [0.1, 0.15) is 5.82 Å². The minimum atomic E-state index is 0.896. The molecule has 1 aromatic carbocycles. The topological polar surface area (TPSA) is 58.9 Å². The number of nitrogens with one attached hydrogen (secondary N) is 1. The first-order chi connectivity index (χ1) is 11.3. The number of fused-ring (bicyclic) bond motifs is 1. The van der Waals surface area contributed by atoms with E-state index in [1.165, 1.54) is 0 Å². The van der Waals surface area contributed by atoms with Crippen LogP contribution in [0.2, 0.25) is 0 Å². The Labute approximate surface area is 135 Å². The molecule has 3 heterocycles. The van der Waals surface area contributed by atoms with Crippen molar-refractivity contribution in [1.29, 1.82) is 0 Å². The van der Waals surface area contributed by atoms with Crippen molar-refractivity contribution in [3.05, 3.63) is 36.9 Å². The van der Waals surface area contributed by atoms with E-state index in [1.54, 1.807) is 0 Å². The lowest BCUT2D eigenvalue weighted by Gasteiger charge is -2.21. The Kier molecular flexibility index (Phi) is 3.67. The standard InChI is InChI=1S/C17H20N6/c1-22-12-20-14-9-13(3-4-16(14)22)15-10-19-11-17(21-15)23-7-2-5-18-6-8-23/h3-4,9-12,18H,2,5-8H2,1H3. The lowest BCUT2D eigenvalue weighted by molar-refractivity contribution is 0.724. The van der Waals surface area contributed by atoms with Gasteiger partial charge in [-0.25, -0.2) is 9.97 Å². The lowest BCUT2D eigenvalue weighted by Crippen LogP contribution is -2.28. The number of benzene rings is 1. The minimum absolute atomic E-state index is 0.896. The quantitative estimate of drug-likeness (QED) is 0.783. The van der Waals surface area contributed by atoms with Crippen LogP contribution in [0.1, 0.15) is 6.42 Å². The van der Waals surface area contributed by atoms with Crippen LogP contribution in [-0.2, 0) is 7.05 Å². The molecule has 2 aromatic heterocycles. The number of hydrogen-bond acceptors (Lipinski definition) is 5. The molecule has 1 aliphatic heterocycles. The molecule has 0 unspecified atom stereocenters. The zero-order valence-electron chi connectivity index (χ0n) is 13.2. The van der Waals surface area contributed by atoms with Crippen LogP contribution in [0, 0.1) is 0 Å². The van der Waals surface area contributed by atoms with E-state index < -0.39 is 0 Å². The molecule has 4 rings (SSSR count). The summed E-state index contributed by atoms with van der Waals surface area (Å²) < 4.78 is 2.02. The smallest absolute Gasteiger partial charge is 0.147 e. The zero-order valence-corrected chi connectivity index (χ0v) is 13.2. The third kappa shape index (κ3) is 2.77. The normalized spacial score (nSPS) is 15.8. The van der Waals surface area contributed by atoms with Crippen LogP contribution in [0.5, 0.6) is 0 Å². The predicted octanol–water partition coefficient (Wildman–Crippen LogP) is 1.83. The van der Waals surface area contributed by atoms with E-state index in [-0.39, 0.29) is 0 Å². The summed E-state index contributed by atoms with van der Waals surface area (Å²) in [4.78, 5) is 16.0. The van der Waals surface area contributed by atoms with Gasteiger partial charge in [-0.05, 0) is 25.1 Å². The molecule has 6 heteroatoms. The van der Waals surface area contributed by atoms with Gasteiger partial charge < -0.3 is 14.8 Å². The molecule has 0 amide bonds.